The topological polar surface area (TPSA) is 108 Å². The fourth-order valence-electron chi connectivity index (χ4n) is 1.37. The van der Waals surface area contributed by atoms with Crippen LogP contribution in [0.4, 0.5) is 0 Å². The molecule has 6 heteroatoms. The highest BCUT2D eigenvalue weighted by molar-refractivity contribution is 5.88. The van der Waals surface area contributed by atoms with Crippen LogP contribution in [0.1, 0.15) is 42.7 Å². The van der Waals surface area contributed by atoms with Gasteiger partial charge in [-0.05, 0) is 12.3 Å². The van der Waals surface area contributed by atoms with E-state index < -0.39 is 5.91 Å². The van der Waals surface area contributed by atoms with Crippen molar-refractivity contribution < 1.29 is 9.32 Å². The molecule has 0 aromatic carbocycles. The molecule has 0 radical (unpaired) electrons. The Hall–Kier alpha value is -1.43. The first-order valence-corrected chi connectivity index (χ1v) is 4.88. The van der Waals surface area contributed by atoms with Gasteiger partial charge in [-0.25, -0.2) is 0 Å². The number of nitrogens with two attached hydrogens (primary N) is 2. The quantitative estimate of drug-likeness (QED) is 0.727. The Bertz CT molecular complexity index is 335. The van der Waals surface area contributed by atoms with Crippen molar-refractivity contribution in [1.82, 2.24) is 10.1 Å². The molecule has 0 aliphatic rings. The summed E-state index contributed by atoms with van der Waals surface area (Å²) < 4.78 is 4.94. The van der Waals surface area contributed by atoms with Crippen LogP contribution in [0.5, 0.6) is 0 Å². The van der Waals surface area contributed by atoms with Crippen molar-refractivity contribution in [2.75, 3.05) is 6.54 Å². The van der Waals surface area contributed by atoms with E-state index in [1.54, 1.807) is 0 Å². The standard InChI is InChI=1S/C9H16N4O2/c1-5(2)3-6(4-10)9-12-8(7(11)14)13-15-9/h5-6H,3-4,10H2,1-2H3,(H2,11,14). The fraction of sp³-hybridized carbons (Fsp3) is 0.667. The predicted molar refractivity (Wildman–Crippen MR) is 54.1 cm³/mol. The minimum Gasteiger partial charge on any atom is -0.363 e. The zero-order valence-electron chi connectivity index (χ0n) is 8.93. The number of aromatic nitrogens is 2. The smallest absolute Gasteiger partial charge is 0.290 e. The van der Waals surface area contributed by atoms with Gasteiger partial charge in [0.25, 0.3) is 11.7 Å². The Morgan fingerprint density at radius 1 is 1.53 bits per heavy atom. The molecule has 15 heavy (non-hydrogen) atoms. The molecule has 0 aliphatic carbocycles. The van der Waals surface area contributed by atoms with E-state index in [9.17, 15) is 4.79 Å². The second-order valence-electron chi connectivity index (χ2n) is 3.88. The van der Waals surface area contributed by atoms with E-state index in [0.717, 1.165) is 6.42 Å². The van der Waals surface area contributed by atoms with Crippen molar-refractivity contribution in [1.29, 1.82) is 0 Å². The van der Waals surface area contributed by atoms with Crippen molar-refractivity contribution in [2.24, 2.45) is 17.4 Å². The lowest BCUT2D eigenvalue weighted by Crippen LogP contribution is -2.16. The summed E-state index contributed by atoms with van der Waals surface area (Å²) in [5, 5.41) is 3.48. The second kappa shape index (κ2) is 4.88. The first-order chi connectivity index (χ1) is 7.04. The zero-order chi connectivity index (χ0) is 11.4. The first-order valence-electron chi connectivity index (χ1n) is 4.88. The lowest BCUT2D eigenvalue weighted by molar-refractivity contribution is 0.0987. The number of rotatable bonds is 5. The molecule has 0 fully saturated rings. The second-order valence-corrected chi connectivity index (χ2v) is 3.88. The largest absolute Gasteiger partial charge is 0.363 e. The molecule has 1 heterocycles. The molecule has 4 N–H and O–H groups in total. The highest BCUT2D eigenvalue weighted by atomic mass is 16.5. The average molecular weight is 212 g/mol. The summed E-state index contributed by atoms with van der Waals surface area (Å²) in [6.45, 7) is 4.57. The van der Waals surface area contributed by atoms with Crippen LogP contribution in [0.15, 0.2) is 4.52 Å². The van der Waals surface area contributed by atoms with Gasteiger partial charge in [-0.15, -0.1) is 0 Å². The van der Waals surface area contributed by atoms with E-state index in [1.165, 1.54) is 0 Å². The summed E-state index contributed by atoms with van der Waals surface area (Å²) in [4.78, 5) is 14.7. The molecule has 1 aromatic heterocycles. The summed E-state index contributed by atoms with van der Waals surface area (Å²) in [6, 6.07) is 0. The molecular formula is C9H16N4O2. The Kier molecular flexibility index (Phi) is 3.79. The number of carbonyl (C=O) groups excluding carboxylic acids is 1. The SMILES string of the molecule is CC(C)CC(CN)c1nc(C(N)=O)no1. The Balaban J connectivity index is 2.78. The maximum Gasteiger partial charge on any atom is 0.290 e. The summed E-state index contributed by atoms with van der Waals surface area (Å²) in [7, 11) is 0. The number of amides is 1. The van der Waals surface area contributed by atoms with Crippen LogP contribution in [-0.4, -0.2) is 22.6 Å². The Morgan fingerprint density at radius 3 is 2.60 bits per heavy atom. The van der Waals surface area contributed by atoms with Gasteiger partial charge in [-0.1, -0.05) is 19.0 Å². The first kappa shape index (κ1) is 11.6. The van der Waals surface area contributed by atoms with Crippen LogP contribution in [0.3, 0.4) is 0 Å². The van der Waals surface area contributed by atoms with Gasteiger partial charge in [0.2, 0.25) is 5.89 Å². The molecular weight excluding hydrogens is 196 g/mol. The normalized spacial score (nSPS) is 13.1. The van der Waals surface area contributed by atoms with Crippen LogP contribution in [0.25, 0.3) is 0 Å². The summed E-state index contributed by atoms with van der Waals surface area (Å²) in [6.07, 6.45) is 0.844. The van der Waals surface area contributed by atoms with Crippen LogP contribution < -0.4 is 11.5 Å². The molecule has 1 unspecified atom stereocenters. The lowest BCUT2D eigenvalue weighted by atomic mass is 9.97. The minimum absolute atomic E-state index is 0.00870. The van der Waals surface area contributed by atoms with Gasteiger partial charge in [-0.2, -0.15) is 4.98 Å². The molecule has 0 aliphatic heterocycles. The van der Waals surface area contributed by atoms with Crippen molar-refractivity contribution in [3.8, 4) is 0 Å². The van der Waals surface area contributed by atoms with E-state index >= 15 is 0 Å². The van der Waals surface area contributed by atoms with Crippen molar-refractivity contribution in [3.63, 3.8) is 0 Å². The van der Waals surface area contributed by atoms with Gasteiger partial charge in [0.1, 0.15) is 0 Å². The maximum atomic E-state index is 10.8. The lowest BCUT2D eigenvalue weighted by Gasteiger charge is -2.11. The Labute approximate surface area is 88.0 Å². The van der Waals surface area contributed by atoms with E-state index in [-0.39, 0.29) is 11.7 Å². The third kappa shape index (κ3) is 3.02. The van der Waals surface area contributed by atoms with Crippen molar-refractivity contribution in [2.45, 2.75) is 26.2 Å². The molecule has 0 bridgehead atoms. The summed E-state index contributed by atoms with van der Waals surface area (Å²) >= 11 is 0. The van der Waals surface area contributed by atoms with Crippen molar-refractivity contribution in [3.05, 3.63) is 11.7 Å². The number of nitrogens with zero attached hydrogens (tertiary/aromatic N) is 2. The monoisotopic (exact) mass is 212 g/mol. The summed E-state index contributed by atoms with van der Waals surface area (Å²) in [5.74, 6) is 0.0746. The predicted octanol–water partition coefficient (Wildman–Crippen LogP) is 0.257. The number of carbonyl (C=O) groups is 1. The zero-order valence-corrected chi connectivity index (χ0v) is 8.93. The van der Waals surface area contributed by atoms with Crippen LogP contribution in [-0.2, 0) is 0 Å². The number of primary amides is 1. The van der Waals surface area contributed by atoms with Crippen LogP contribution in [0, 0.1) is 5.92 Å². The molecule has 1 rings (SSSR count). The Morgan fingerprint density at radius 2 is 2.20 bits per heavy atom. The van der Waals surface area contributed by atoms with Crippen LogP contribution >= 0.6 is 0 Å². The van der Waals surface area contributed by atoms with E-state index in [4.69, 9.17) is 16.0 Å². The third-order valence-corrected chi connectivity index (χ3v) is 2.05. The van der Waals surface area contributed by atoms with E-state index in [0.29, 0.717) is 18.4 Å². The molecule has 6 nitrogen and oxygen atoms in total. The van der Waals surface area contributed by atoms with Gasteiger partial charge < -0.3 is 16.0 Å². The van der Waals surface area contributed by atoms with Crippen LogP contribution in [0.2, 0.25) is 0 Å². The molecule has 0 saturated carbocycles. The average Bonchev–Trinajstić information content (AvgIpc) is 2.62. The highest BCUT2D eigenvalue weighted by Crippen LogP contribution is 2.20. The van der Waals surface area contributed by atoms with Gasteiger partial charge in [-0.3, -0.25) is 4.79 Å². The summed E-state index contributed by atoms with van der Waals surface area (Å²) in [5.41, 5.74) is 10.6. The maximum absolute atomic E-state index is 10.8. The molecule has 1 aromatic rings. The van der Waals surface area contributed by atoms with Gasteiger partial charge in [0.05, 0.1) is 5.92 Å². The third-order valence-electron chi connectivity index (χ3n) is 2.05. The fourth-order valence-corrected chi connectivity index (χ4v) is 1.37. The molecule has 0 spiro atoms. The minimum atomic E-state index is -0.690. The molecule has 0 saturated heterocycles. The highest BCUT2D eigenvalue weighted by Gasteiger charge is 2.20. The molecule has 84 valence electrons. The molecule has 1 amide bonds. The number of hydrogen-bond donors (Lipinski definition) is 2. The van der Waals surface area contributed by atoms with Crippen molar-refractivity contribution >= 4 is 5.91 Å². The van der Waals surface area contributed by atoms with Gasteiger partial charge >= 0.3 is 0 Å². The van der Waals surface area contributed by atoms with Gasteiger partial charge in [0.15, 0.2) is 0 Å². The van der Waals surface area contributed by atoms with Gasteiger partial charge in [0, 0.05) is 6.54 Å². The number of hydrogen-bond acceptors (Lipinski definition) is 5. The van der Waals surface area contributed by atoms with E-state index in [1.807, 2.05) is 0 Å². The van der Waals surface area contributed by atoms with E-state index in [2.05, 4.69) is 24.0 Å². The molecule has 1 atom stereocenters.